The van der Waals surface area contributed by atoms with Crippen molar-refractivity contribution >= 4 is 11.7 Å². The van der Waals surface area contributed by atoms with Gasteiger partial charge in [0.15, 0.2) is 0 Å². The fourth-order valence-electron chi connectivity index (χ4n) is 2.33. The topological polar surface area (TPSA) is 52.3 Å². The lowest BCUT2D eigenvalue weighted by Crippen LogP contribution is -2.24. The van der Waals surface area contributed by atoms with Crippen molar-refractivity contribution in [2.45, 2.75) is 39.2 Å². The molecule has 0 saturated carbocycles. The molecule has 0 aromatic heterocycles. The Hall–Kier alpha value is -2.29. The average molecular weight is 297 g/mol. The monoisotopic (exact) mass is 297 g/mol. The average Bonchev–Trinajstić information content (AvgIpc) is 2.45. The zero-order valence-corrected chi connectivity index (χ0v) is 13.4. The van der Waals surface area contributed by atoms with Crippen molar-refractivity contribution in [3.8, 4) is 11.1 Å². The van der Waals surface area contributed by atoms with Crippen LogP contribution in [0.15, 0.2) is 48.5 Å². The Morgan fingerprint density at radius 2 is 1.73 bits per heavy atom. The summed E-state index contributed by atoms with van der Waals surface area (Å²) in [7, 11) is 0. The molecule has 2 rings (SSSR count). The highest BCUT2D eigenvalue weighted by Gasteiger charge is 2.16. The van der Waals surface area contributed by atoms with Gasteiger partial charge in [-0.1, -0.05) is 48.5 Å². The Balaban J connectivity index is 2.12. The van der Waals surface area contributed by atoms with Crippen LogP contribution in [-0.2, 0) is 16.0 Å². The predicted molar refractivity (Wildman–Crippen MR) is 90.5 cm³/mol. The summed E-state index contributed by atoms with van der Waals surface area (Å²) in [6.07, 6.45) is 0.918. The van der Waals surface area contributed by atoms with Crippen molar-refractivity contribution < 1.29 is 9.53 Å². The van der Waals surface area contributed by atoms with Gasteiger partial charge in [0.25, 0.3) is 0 Å². The first-order valence-corrected chi connectivity index (χ1v) is 7.51. The number of anilines is 1. The van der Waals surface area contributed by atoms with Gasteiger partial charge in [0.2, 0.25) is 0 Å². The van der Waals surface area contributed by atoms with E-state index in [-0.39, 0.29) is 5.97 Å². The third-order valence-corrected chi connectivity index (χ3v) is 3.30. The number of carbonyl (C=O) groups excluding carboxylic acids is 1. The van der Waals surface area contributed by atoms with Gasteiger partial charge >= 0.3 is 5.97 Å². The molecule has 0 aliphatic heterocycles. The van der Waals surface area contributed by atoms with Gasteiger partial charge in [0.05, 0.1) is 0 Å². The summed E-state index contributed by atoms with van der Waals surface area (Å²) in [5.74, 6) is -0.197. The van der Waals surface area contributed by atoms with Gasteiger partial charge in [0, 0.05) is 17.7 Å². The lowest BCUT2D eigenvalue weighted by atomic mass is 9.98. The lowest BCUT2D eigenvalue weighted by molar-refractivity contribution is -0.154. The van der Waals surface area contributed by atoms with E-state index in [2.05, 4.69) is 0 Å². The first-order chi connectivity index (χ1) is 10.4. The molecular formula is C19H23NO2. The normalized spacial score (nSPS) is 11.2. The van der Waals surface area contributed by atoms with Crippen LogP contribution < -0.4 is 5.73 Å². The number of rotatable bonds is 4. The van der Waals surface area contributed by atoms with Gasteiger partial charge in [0.1, 0.15) is 5.60 Å². The first-order valence-electron chi connectivity index (χ1n) is 7.51. The van der Waals surface area contributed by atoms with E-state index in [1.807, 2.05) is 69.3 Å². The van der Waals surface area contributed by atoms with E-state index in [1.165, 1.54) is 0 Å². The Kier molecular flexibility index (Phi) is 4.86. The van der Waals surface area contributed by atoms with Crippen LogP contribution in [-0.4, -0.2) is 11.6 Å². The van der Waals surface area contributed by atoms with Gasteiger partial charge in [-0.15, -0.1) is 0 Å². The fraction of sp³-hybridized carbons (Fsp3) is 0.316. The van der Waals surface area contributed by atoms with E-state index < -0.39 is 5.60 Å². The van der Waals surface area contributed by atoms with Crippen LogP contribution in [0.2, 0.25) is 0 Å². The standard InChI is InChI=1S/C19H23NO2/c1-19(2,3)22-17(21)13-12-15-10-7-11-16(18(15)20)14-8-5-4-6-9-14/h4-11H,12-13,20H2,1-3H3. The third kappa shape index (κ3) is 4.35. The molecule has 0 bridgehead atoms. The van der Waals surface area contributed by atoms with Crippen molar-refractivity contribution in [3.63, 3.8) is 0 Å². The zero-order valence-electron chi connectivity index (χ0n) is 13.4. The van der Waals surface area contributed by atoms with E-state index in [0.29, 0.717) is 12.8 Å². The highest BCUT2D eigenvalue weighted by Crippen LogP contribution is 2.29. The number of benzene rings is 2. The van der Waals surface area contributed by atoms with Crippen molar-refractivity contribution in [1.29, 1.82) is 0 Å². The molecular weight excluding hydrogens is 274 g/mol. The number of carbonyl (C=O) groups is 1. The molecule has 22 heavy (non-hydrogen) atoms. The molecule has 2 aromatic carbocycles. The van der Waals surface area contributed by atoms with Crippen LogP contribution in [0.4, 0.5) is 5.69 Å². The summed E-state index contributed by atoms with van der Waals surface area (Å²) < 4.78 is 5.33. The van der Waals surface area contributed by atoms with Crippen LogP contribution in [0.3, 0.4) is 0 Å². The number of aryl methyl sites for hydroxylation is 1. The lowest BCUT2D eigenvalue weighted by Gasteiger charge is -2.19. The Morgan fingerprint density at radius 3 is 2.36 bits per heavy atom. The van der Waals surface area contributed by atoms with Crippen molar-refractivity contribution in [1.82, 2.24) is 0 Å². The second-order valence-electron chi connectivity index (χ2n) is 6.33. The fourth-order valence-corrected chi connectivity index (χ4v) is 2.33. The minimum Gasteiger partial charge on any atom is -0.460 e. The predicted octanol–water partition coefficient (Wildman–Crippen LogP) is 4.21. The summed E-state index contributed by atoms with van der Waals surface area (Å²) in [5.41, 5.74) is 9.62. The third-order valence-electron chi connectivity index (χ3n) is 3.30. The summed E-state index contributed by atoms with van der Waals surface area (Å²) in [5, 5.41) is 0. The van der Waals surface area contributed by atoms with E-state index in [9.17, 15) is 4.79 Å². The molecule has 0 unspecified atom stereocenters. The van der Waals surface area contributed by atoms with Crippen molar-refractivity contribution in [3.05, 3.63) is 54.1 Å². The minimum atomic E-state index is -0.450. The summed E-state index contributed by atoms with van der Waals surface area (Å²) >= 11 is 0. The number of nitrogens with two attached hydrogens (primary N) is 1. The first kappa shape index (κ1) is 16.1. The number of para-hydroxylation sites is 1. The van der Waals surface area contributed by atoms with Crippen LogP contribution in [0.5, 0.6) is 0 Å². The van der Waals surface area contributed by atoms with Crippen LogP contribution in [0.25, 0.3) is 11.1 Å². The van der Waals surface area contributed by atoms with Gasteiger partial charge in [-0.2, -0.15) is 0 Å². The quantitative estimate of drug-likeness (QED) is 0.679. The Labute approximate surface area is 132 Å². The van der Waals surface area contributed by atoms with Crippen molar-refractivity contribution in [2.75, 3.05) is 5.73 Å². The Morgan fingerprint density at radius 1 is 1.05 bits per heavy atom. The van der Waals surface area contributed by atoms with Gasteiger partial charge in [-0.25, -0.2) is 0 Å². The summed E-state index contributed by atoms with van der Waals surface area (Å²) in [4.78, 5) is 11.8. The van der Waals surface area contributed by atoms with Crippen LogP contribution in [0, 0.1) is 0 Å². The van der Waals surface area contributed by atoms with Gasteiger partial charge in [-0.3, -0.25) is 4.79 Å². The molecule has 2 N–H and O–H groups in total. The van der Waals surface area contributed by atoms with Crippen LogP contribution in [0.1, 0.15) is 32.8 Å². The molecule has 0 aliphatic carbocycles. The molecule has 0 heterocycles. The van der Waals surface area contributed by atoms with Crippen molar-refractivity contribution in [2.24, 2.45) is 0 Å². The maximum absolute atomic E-state index is 11.8. The van der Waals surface area contributed by atoms with E-state index in [1.54, 1.807) is 0 Å². The number of hydrogen-bond acceptors (Lipinski definition) is 3. The second kappa shape index (κ2) is 6.65. The molecule has 0 fully saturated rings. The highest BCUT2D eigenvalue weighted by molar-refractivity contribution is 5.79. The summed E-state index contributed by atoms with van der Waals surface area (Å²) in [6.45, 7) is 5.61. The van der Waals surface area contributed by atoms with E-state index in [4.69, 9.17) is 10.5 Å². The molecule has 0 saturated heterocycles. The van der Waals surface area contributed by atoms with E-state index >= 15 is 0 Å². The molecule has 0 aliphatic rings. The molecule has 0 atom stereocenters. The zero-order chi connectivity index (χ0) is 16.2. The van der Waals surface area contributed by atoms with Crippen LogP contribution >= 0.6 is 0 Å². The van der Waals surface area contributed by atoms with E-state index in [0.717, 1.165) is 22.4 Å². The molecule has 3 nitrogen and oxygen atoms in total. The minimum absolute atomic E-state index is 0.197. The number of hydrogen-bond donors (Lipinski definition) is 1. The summed E-state index contributed by atoms with van der Waals surface area (Å²) in [6, 6.07) is 16.0. The number of ether oxygens (including phenoxy) is 1. The SMILES string of the molecule is CC(C)(C)OC(=O)CCc1cccc(-c2ccccc2)c1N. The molecule has 0 spiro atoms. The molecule has 3 heteroatoms. The second-order valence-corrected chi connectivity index (χ2v) is 6.33. The van der Waals surface area contributed by atoms with Gasteiger partial charge < -0.3 is 10.5 Å². The maximum Gasteiger partial charge on any atom is 0.306 e. The largest absolute Gasteiger partial charge is 0.460 e. The highest BCUT2D eigenvalue weighted by atomic mass is 16.6. The Bertz CT molecular complexity index is 642. The molecule has 116 valence electrons. The molecule has 0 amide bonds. The number of esters is 1. The smallest absolute Gasteiger partial charge is 0.306 e. The molecule has 0 radical (unpaired) electrons. The number of nitrogen functional groups attached to an aromatic ring is 1. The maximum atomic E-state index is 11.8. The van der Waals surface area contributed by atoms with Gasteiger partial charge in [-0.05, 0) is 38.3 Å². The molecule has 2 aromatic rings.